The molecular weight excluding hydrogens is 298 g/mol. The van der Waals surface area contributed by atoms with Crippen molar-refractivity contribution in [2.24, 2.45) is 0 Å². The van der Waals surface area contributed by atoms with Gasteiger partial charge in [0.05, 0.1) is 12.1 Å². The number of nitrogens with one attached hydrogen (secondary N) is 1. The fourth-order valence-corrected chi connectivity index (χ4v) is 3.15. The molecule has 1 unspecified atom stereocenters. The van der Waals surface area contributed by atoms with Gasteiger partial charge in [-0.05, 0) is 50.8 Å². The lowest BCUT2D eigenvalue weighted by Crippen LogP contribution is -2.28. The van der Waals surface area contributed by atoms with Crippen LogP contribution in [0.1, 0.15) is 45.1 Å². The zero-order valence-electron chi connectivity index (χ0n) is 13.1. The second-order valence-corrected chi connectivity index (χ2v) is 6.79. The van der Waals surface area contributed by atoms with Gasteiger partial charge in [-0.2, -0.15) is 0 Å². The van der Waals surface area contributed by atoms with Gasteiger partial charge in [0, 0.05) is 11.8 Å². The Kier molecular flexibility index (Phi) is 6.31. The van der Waals surface area contributed by atoms with Crippen LogP contribution in [0.4, 0.5) is 4.79 Å². The molecule has 5 heteroatoms. The summed E-state index contributed by atoms with van der Waals surface area (Å²) in [5.41, 5.74) is 1.30. The summed E-state index contributed by atoms with van der Waals surface area (Å²) >= 11 is 0.794. The van der Waals surface area contributed by atoms with Gasteiger partial charge in [0.15, 0.2) is 0 Å². The number of thioether (sulfide) groups is 1. The van der Waals surface area contributed by atoms with E-state index in [-0.39, 0.29) is 22.5 Å². The van der Waals surface area contributed by atoms with E-state index in [9.17, 15) is 9.59 Å². The lowest BCUT2D eigenvalue weighted by atomic mass is 10.0. The zero-order chi connectivity index (χ0) is 15.9. The maximum atomic E-state index is 11.4. The summed E-state index contributed by atoms with van der Waals surface area (Å²) in [6.45, 7) is 4.04. The molecule has 22 heavy (non-hydrogen) atoms. The standard InChI is InChI=1S/C17H23NO3S/c1-12(2)21-14-10-8-13(9-11-14)6-4-3-5-7-15-16(19)22-17(20)18-15/h8-12,15H,3-7H2,1-2H3,(H,18,20). The van der Waals surface area contributed by atoms with Crippen LogP contribution in [0.15, 0.2) is 24.3 Å². The fourth-order valence-electron chi connectivity index (χ4n) is 2.44. The van der Waals surface area contributed by atoms with Crippen LogP contribution in [0.5, 0.6) is 5.75 Å². The Morgan fingerprint density at radius 1 is 1.14 bits per heavy atom. The molecule has 1 amide bonds. The van der Waals surface area contributed by atoms with E-state index in [0.717, 1.165) is 49.6 Å². The van der Waals surface area contributed by atoms with E-state index >= 15 is 0 Å². The molecular formula is C17H23NO3S. The predicted octanol–water partition coefficient (Wildman–Crippen LogP) is 3.93. The molecule has 0 aliphatic carbocycles. The Morgan fingerprint density at radius 2 is 1.86 bits per heavy atom. The van der Waals surface area contributed by atoms with E-state index in [0.29, 0.717) is 0 Å². The first-order chi connectivity index (χ1) is 10.5. The smallest absolute Gasteiger partial charge is 0.287 e. The van der Waals surface area contributed by atoms with Crippen LogP contribution in [0.25, 0.3) is 0 Å². The number of benzene rings is 1. The van der Waals surface area contributed by atoms with Crippen LogP contribution in [-0.2, 0) is 11.2 Å². The molecule has 4 nitrogen and oxygen atoms in total. The van der Waals surface area contributed by atoms with E-state index in [2.05, 4.69) is 17.4 Å². The molecule has 1 aromatic rings. The summed E-state index contributed by atoms with van der Waals surface area (Å²) < 4.78 is 5.62. The SMILES string of the molecule is CC(C)Oc1ccc(CCCCCC2NC(=O)SC2=O)cc1. The second kappa shape index (κ2) is 8.22. The van der Waals surface area contributed by atoms with Crippen LogP contribution in [-0.4, -0.2) is 22.5 Å². The van der Waals surface area contributed by atoms with Crippen molar-refractivity contribution in [1.82, 2.24) is 5.32 Å². The maximum absolute atomic E-state index is 11.4. The average Bonchev–Trinajstić information content (AvgIpc) is 2.78. The Labute approximate surface area is 136 Å². The van der Waals surface area contributed by atoms with Crippen LogP contribution >= 0.6 is 11.8 Å². The van der Waals surface area contributed by atoms with E-state index in [1.54, 1.807) is 0 Å². The van der Waals surface area contributed by atoms with Gasteiger partial charge < -0.3 is 10.1 Å². The van der Waals surface area contributed by atoms with Crippen molar-refractivity contribution in [2.75, 3.05) is 0 Å². The fraction of sp³-hybridized carbons (Fsp3) is 0.529. The molecule has 1 aromatic carbocycles. The van der Waals surface area contributed by atoms with Gasteiger partial charge in [-0.15, -0.1) is 0 Å². The van der Waals surface area contributed by atoms with Gasteiger partial charge in [0.1, 0.15) is 5.75 Å². The van der Waals surface area contributed by atoms with E-state index in [4.69, 9.17) is 4.74 Å². The molecule has 120 valence electrons. The van der Waals surface area contributed by atoms with Gasteiger partial charge in [0.2, 0.25) is 5.12 Å². The van der Waals surface area contributed by atoms with Crippen molar-refractivity contribution in [1.29, 1.82) is 0 Å². The molecule has 1 aliphatic rings. The van der Waals surface area contributed by atoms with Gasteiger partial charge in [-0.25, -0.2) is 0 Å². The largest absolute Gasteiger partial charge is 0.491 e. The average molecular weight is 321 g/mol. The molecule has 1 atom stereocenters. The first kappa shape index (κ1) is 16.9. The number of rotatable bonds is 8. The quantitative estimate of drug-likeness (QED) is 0.737. The highest BCUT2D eigenvalue weighted by molar-refractivity contribution is 8.26. The van der Waals surface area contributed by atoms with Gasteiger partial charge in [-0.3, -0.25) is 9.59 Å². The van der Waals surface area contributed by atoms with E-state index < -0.39 is 0 Å². The van der Waals surface area contributed by atoms with Crippen molar-refractivity contribution in [3.05, 3.63) is 29.8 Å². The molecule has 0 bridgehead atoms. The number of ether oxygens (including phenoxy) is 1. The molecule has 2 rings (SSSR count). The van der Waals surface area contributed by atoms with Crippen molar-refractivity contribution in [3.8, 4) is 5.75 Å². The molecule has 1 aliphatic heterocycles. The summed E-state index contributed by atoms with van der Waals surface area (Å²) in [5.74, 6) is 0.909. The third-order valence-electron chi connectivity index (χ3n) is 3.52. The molecule has 1 heterocycles. The lowest BCUT2D eigenvalue weighted by Gasteiger charge is -2.10. The first-order valence-corrected chi connectivity index (χ1v) is 8.64. The topological polar surface area (TPSA) is 55.4 Å². The minimum atomic E-state index is -0.273. The lowest BCUT2D eigenvalue weighted by molar-refractivity contribution is -0.112. The second-order valence-electron chi connectivity index (χ2n) is 5.82. The van der Waals surface area contributed by atoms with Crippen molar-refractivity contribution in [2.45, 2.75) is 58.1 Å². The third kappa shape index (κ3) is 5.37. The molecule has 1 fully saturated rings. The highest BCUT2D eigenvalue weighted by atomic mass is 32.2. The minimum Gasteiger partial charge on any atom is -0.491 e. The Hall–Kier alpha value is -1.49. The maximum Gasteiger partial charge on any atom is 0.287 e. The summed E-state index contributed by atoms with van der Waals surface area (Å²) in [4.78, 5) is 22.5. The number of hydrogen-bond acceptors (Lipinski definition) is 4. The third-order valence-corrected chi connectivity index (χ3v) is 4.31. The number of aryl methyl sites for hydroxylation is 1. The molecule has 0 radical (unpaired) electrons. The normalized spacial score (nSPS) is 17.9. The number of carbonyl (C=O) groups excluding carboxylic acids is 2. The van der Waals surface area contributed by atoms with Crippen LogP contribution in [0.3, 0.4) is 0 Å². The molecule has 1 saturated heterocycles. The number of hydrogen-bond donors (Lipinski definition) is 1. The molecule has 1 N–H and O–H groups in total. The van der Waals surface area contributed by atoms with Gasteiger partial charge in [0.25, 0.3) is 5.24 Å². The highest BCUT2D eigenvalue weighted by Crippen LogP contribution is 2.20. The monoisotopic (exact) mass is 321 g/mol. The van der Waals surface area contributed by atoms with Crippen LogP contribution in [0, 0.1) is 0 Å². The Balaban J connectivity index is 1.62. The van der Waals surface area contributed by atoms with Crippen LogP contribution in [0.2, 0.25) is 0 Å². The minimum absolute atomic E-state index is 0.0364. The van der Waals surface area contributed by atoms with E-state index in [1.807, 2.05) is 26.0 Å². The van der Waals surface area contributed by atoms with Crippen molar-refractivity contribution in [3.63, 3.8) is 0 Å². The van der Waals surface area contributed by atoms with Gasteiger partial charge in [-0.1, -0.05) is 25.0 Å². The van der Waals surface area contributed by atoms with E-state index in [1.165, 1.54) is 5.56 Å². The molecule has 0 aromatic heterocycles. The summed E-state index contributed by atoms with van der Waals surface area (Å²) in [5, 5.41) is 2.45. The van der Waals surface area contributed by atoms with Gasteiger partial charge >= 0.3 is 0 Å². The number of amides is 1. The number of unbranched alkanes of at least 4 members (excludes halogenated alkanes) is 2. The van der Waals surface area contributed by atoms with Crippen LogP contribution < -0.4 is 10.1 Å². The molecule has 0 saturated carbocycles. The Morgan fingerprint density at radius 3 is 2.45 bits per heavy atom. The Bertz CT molecular complexity index is 513. The molecule has 0 spiro atoms. The highest BCUT2D eigenvalue weighted by Gasteiger charge is 2.30. The predicted molar refractivity (Wildman–Crippen MR) is 89.3 cm³/mol. The summed E-state index contributed by atoms with van der Waals surface area (Å²) in [7, 11) is 0. The summed E-state index contributed by atoms with van der Waals surface area (Å²) in [6, 6.07) is 7.97. The number of carbonyl (C=O) groups is 2. The van der Waals surface area contributed by atoms with Crippen molar-refractivity contribution < 1.29 is 14.3 Å². The summed E-state index contributed by atoms with van der Waals surface area (Å²) in [6.07, 6.45) is 5.09. The van der Waals surface area contributed by atoms with Crippen molar-refractivity contribution >= 4 is 22.1 Å². The first-order valence-electron chi connectivity index (χ1n) is 7.82. The zero-order valence-corrected chi connectivity index (χ0v) is 13.9.